The third kappa shape index (κ3) is 5.88. The zero-order valence-electron chi connectivity index (χ0n) is 11.5. The lowest BCUT2D eigenvalue weighted by atomic mass is 10.1. The minimum atomic E-state index is -0.621. The molecule has 1 aromatic rings. The molecule has 0 saturated carbocycles. The van der Waals surface area contributed by atoms with Crippen LogP contribution in [0.25, 0.3) is 0 Å². The molecule has 0 aliphatic heterocycles. The fraction of sp³-hybridized carbons (Fsp3) is 0.357. The molecule has 0 spiro atoms. The highest BCUT2D eigenvalue weighted by molar-refractivity contribution is 8.14. The van der Waals surface area contributed by atoms with Gasteiger partial charge in [-0.25, -0.2) is 0 Å². The Morgan fingerprint density at radius 2 is 1.85 bits per heavy atom. The van der Waals surface area contributed by atoms with Crippen molar-refractivity contribution in [3.63, 3.8) is 0 Å². The lowest BCUT2D eigenvalue weighted by Gasteiger charge is -2.16. The smallest absolute Gasteiger partial charge is 0.230 e. The van der Waals surface area contributed by atoms with Crippen LogP contribution in [0.3, 0.4) is 0 Å². The lowest BCUT2D eigenvalue weighted by Crippen LogP contribution is -2.40. The van der Waals surface area contributed by atoms with Gasteiger partial charge in [-0.05, 0) is 5.56 Å². The largest absolute Gasteiger partial charge is 0.358 e. The first-order chi connectivity index (χ1) is 9.52. The van der Waals surface area contributed by atoms with Gasteiger partial charge in [0.2, 0.25) is 16.9 Å². The first kappa shape index (κ1) is 16.2. The van der Waals surface area contributed by atoms with Crippen molar-refractivity contribution in [1.29, 1.82) is 0 Å². The van der Waals surface area contributed by atoms with Crippen LogP contribution in [0.4, 0.5) is 0 Å². The summed E-state index contributed by atoms with van der Waals surface area (Å²) in [5.41, 5.74) is 0.958. The van der Waals surface area contributed by atoms with Crippen LogP contribution < -0.4 is 10.6 Å². The molecular formula is C14H18N2O3S. The summed E-state index contributed by atoms with van der Waals surface area (Å²) >= 11 is 0.913. The Kier molecular flexibility index (Phi) is 6.79. The van der Waals surface area contributed by atoms with E-state index in [2.05, 4.69) is 10.6 Å². The molecular weight excluding hydrogens is 276 g/mol. The summed E-state index contributed by atoms with van der Waals surface area (Å²) in [6.07, 6.45) is 0.417. The van der Waals surface area contributed by atoms with Gasteiger partial charge in [0.15, 0.2) is 0 Å². The van der Waals surface area contributed by atoms with Gasteiger partial charge in [-0.3, -0.25) is 14.4 Å². The fourth-order valence-electron chi connectivity index (χ4n) is 1.60. The molecule has 2 amide bonds. The third-order valence-corrected chi connectivity index (χ3v) is 3.54. The fourth-order valence-corrected chi connectivity index (χ4v) is 2.36. The molecule has 2 N–H and O–H groups in total. The normalized spacial score (nSPS) is 11.5. The second kappa shape index (κ2) is 8.37. The van der Waals surface area contributed by atoms with Crippen LogP contribution in [0.1, 0.15) is 12.5 Å². The maximum atomic E-state index is 12.1. The van der Waals surface area contributed by atoms with Crippen LogP contribution in [0.5, 0.6) is 0 Å². The van der Waals surface area contributed by atoms with E-state index in [-0.39, 0.29) is 22.7 Å². The van der Waals surface area contributed by atoms with Gasteiger partial charge >= 0.3 is 0 Å². The Bertz CT molecular complexity index is 477. The van der Waals surface area contributed by atoms with E-state index in [9.17, 15) is 14.4 Å². The minimum Gasteiger partial charge on any atom is -0.358 e. The highest BCUT2D eigenvalue weighted by Gasteiger charge is 2.21. The number of amides is 2. The zero-order valence-corrected chi connectivity index (χ0v) is 12.3. The standard InChI is InChI=1S/C14H18N2O3S/c1-10(17)16-12(8-11-6-4-3-5-7-11)14(19)20-9-13(18)15-2/h3-7,12H,8-9H2,1-2H3,(H,15,18)(H,16,17)/t12-/m0/s1. The molecule has 20 heavy (non-hydrogen) atoms. The van der Waals surface area contributed by atoms with Crippen LogP contribution in [0.2, 0.25) is 0 Å². The van der Waals surface area contributed by atoms with E-state index in [1.165, 1.54) is 14.0 Å². The van der Waals surface area contributed by atoms with Crippen LogP contribution in [0.15, 0.2) is 30.3 Å². The van der Waals surface area contributed by atoms with E-state index in [1.54, 1.807) is 0 Å². The van der Waals surface area contributed by atoms with Gasteiger partial charge in [0.05, 0.1) is 5.75 Å². The molecule has 0 saturated heterocycles. The van der Waals surface area contributed by atoms with Crippen molar-refractivity contribution in [1.82, 2.24) is 10.6 Å². The van der Waals surface area contributed by atoms with E-state index < -0.39 is 6.04 Å². The second-order valence-corrected chi connectivity index (χ2v) is 5.20. The number of hydrogen-bond donors (Lipinski definition) is 2. The van der Waals surface area contributed by atoms with E-state index in [0.29, 0.717) is 6.42 Å². The summed E-state index contributed by atoms with van der Waals surface area (Å²) in [6, 6.07) is 8.81. The molecule has 6 heteroatoms. The van der Waals surface area contributed by atoms with Crippen molar-refractivity contribution < 1.29 is 14.4 Å². The van der Waals surface area contributed by atoms with Gasteiger partial charge in [-0.2, -0.15) is 0 Å². The SMILES string of the molecule is CNC(=O)CSC(=O)[C@H](Cc1ccccc1)NC(C)=O. The highest BCUT2D eigenvalue weighted by Crippen LogP contribution is 2.11. The number of thioether (sulfide) groups is 1. The van der Waals surface area contributed by atoms with Crippen LogP contribution >= 0.6 is 11.8 Å². The summed E-state index contributed by atoms with van der Waals surface area (Å²) in [6.45, 7) is 1.37. The lowest BCUT2D eigenvalue weighted by molar-refractivity contribution is -0.123. The first-order valence-corrected chi connectivity index (χ1v) is 7.19. The molecule has 1 aromatic carbocycles. The predicted octanol–water partition coefficient (Wildman–Crippen LogP) is 0.740. The van der Waals surface area contributed by atoms with Gasteiger partial charge in [0.25, 0.3) is 0 Å². The number of rotatable bonds is 6. The maximum absolute atomic E-state index is 12.1. The van der Waals surface area contributed by atoms with Crippen molar-refractivity contribution >= 4 is 28.7 Å². The van der Waals surface area contributed by atoms with Gasteiger partial charge < -0.3 is 10.6 Å². The van der Waals surface area contributed by atoms with E-state index >= 15 is 0 Å². The second-order valence-electron chi connectivity index (χ2n) is 4.22. The molecule has 5 nitrogen and oxygen atoms in total. The molecule has 1 atom stereocenters. The first-order valence-electron chi connectivity index (χ1n) is 6.21. The Hall–Kier alpha value is -1.82. The average Bonchev–Trinajstić information content (AvgIpc) is 2.44. The zero-order chi connectivity index (χ0) is 15.0. The van der Waals surface area contributed by atoms with Crippen LogP contribution in [-0.2, 0) is 20.8 Å². The Morgan fingerprint density at radius 1 is 1.20 bits per heavy atom. The molecule has 0 aliphatic carbocycles. The van der Waals surface area contributed by atoms with Gasteiger partial charge in [0.1, 0.15) is 6.04 Å². The number of carbonyl (C=O) groups is 3. The summed E-state index contributed by atoms with van der Waals surface area (Å²) in [5, 5.41) is 4.86. The van der Waals surface area contributed by atoms with Crippen molar-refractivity contribution in [2.75, 3.05) is 12.8 Å². The quantitative estimate of drug-likeness (QED) is 0.811. The summed E-state index contributed by atoms with van der Waals surface area (Å²) in [7, 11) is 1.52. The summed E-state index contributed by atoms with van der Waals surface area (Å²) in [4.78, 5) is 34.4. The summed E-state index contributed by atoms with van der Waals surface area (Å²) in [5.74, 6) is -0.426. The van der Waals surface area contributed by atoms with E-state index in [4.69, 9.17) is 0 Å². The molecule has 0 fully saturated rings. The highest BCUT2D eigenvalue weighted by atomic mass is 32.2. The Morgan fingerprint density at radius 3 is 2.40 bits per heavy atom. The molecule has 0 aromatic heterocycles. The third-order valence-electron chi connectivity index (χ3n) is 2.57. The minimum absolute atomic E-state index is 0.0558. The van der Waals surface area contributed by atoms with Gasteiger partial charge in [-0.15, -0.1) is 0 Å². The number of nitrogens with one attached hydrogen (secondary N) is 2. The number of benzene rings is 1. The van der Waals surface area contributed by atoms with Gasteiger partial charge in [0, 0.05) is 20.4 Å². The van der Waals surface area contributed by atoms with Crippen LogP contribution in [0, 0.1) is 0 Å². The monoisotopic (exact) mass is 294 g/mol. The predicted molar refractivity (Wildman–Crippen MR) is 79.3 cm³/mol. The topological polar surface area (TPSA) is 75.3 Å². The maximum Gasteiger partial charge on any atom is 0.230 e. The Labute approximate surface area is 122 Å². The van der Waals surface area contributed by atoms with Crippen LogP contribution in [-0.4, -0.2) is 35.8 Å². The van der Waals surface area contributed by atoms with Gasteiger partial charge in [-0.1, -0.05) is 42.1 Å². The Balaban J connectivity index is 2.66. The van der Waals surface area contributed by atoms with E-state index in [0.717, 1.165) is 17.3 Å². The summed E-state index contributed by atoms with van der Waals surface area (Å²) < 4.78 is 0. The molecule has 0 aliphatic rings. The van der Waals surface area contributed by atoms with Crippen molar-refractivity contribution in [2.24, 2.45) is 0 Å². The number of carbonyl (C=O) groups excluding carboxylic acids is 3. The van der Waals surface area contributed by atoms with Crippen molar-refractivity contribution in [3.05, 3.63) is 35.9 Å². The molecule has 0 radical (unpaired) electrons. The molecule has 0 heterocycles. The molecule has 0 unspecified atom stereocenters. The average molecular weight is 294 g/mol. The van der Waals surface area contributed by atoms with Crippen molar-refractivity contribution in [2.45, 2.75) is 19.4 Å². The molecule has 0 bridgehead atoms. The van der Waals surface area contributed by atoms with E-state index in [1.807, 2.05) is 30.3 Å². The number of hydrogen-bond acceptors (Lipinski definition) is 4. The molecule has 1 rings (SSSR count). The molecule has 108 valence electrons. The van der Waals surface area contributed by atoms with Crippen molar-refractivity contribution in [3.8, 4) is 0 Å².